The average Bonchev–Trinajstić information content (AvgIpc) is 2.64. The Balaban J connectivity index is 1.81. The zero-order valence-electron chi connectivity index (χ0n) is 15.6. The molecular weight excluding hydrogens is 350 g/mol. The van der Waals surface area contributed by atoms with E-state index < -0.39 is 10.0 Å². The molecule has 2 N–H and O–H groups in total. The minimum atomic E-state index is -3.54. The van der Waals surface area contributed by atoms with Gasteiger partial charge in [-0.15, -0.1) is 0 Å². The van der Waals surface area contributed by atoms with Crippen LogP contribution in [-0.4, -0.2) is 50.9 Å². The molecule has 2 atom stereocenters. The van der Waals surface area contributed by atoms with Gasteiger partial charge in [-0.3, -0.25) is 4.79 Å². The molecule has 0 spiro atoms. The van der Waals surface area contributed by atoms with Crippen LogP contribution in [0, 0.1) is 12.8 Å². The molecular formula is C19H29N3O3S. The molecule has 0 radical (unpaired) electrons. The highest BCUT2D eigenvalue weighted by molar-refractivity contribution is 7.89. The van der Waals surface area contributed by atoms with Gasteiger partial charge in [0.1, 0.15) is 0 Å². The molecule has 2 aliphatic heterocycles. The van der Waals surface area contributed by atoms with E-state index in [-0.39, 0.29) is 16.8 Å². The summed E-state index contributed by atoms with van der Waals surface area (Å²) in [4.78, 5) is 13.0. The molecule has 0 bridgehead atoms. The summed E-state index contributed by atoms with van der Waals surface area (Å²) < 4.78 is 27.3. The summed E-state index contributed by atoms with van der Waals surface area (Å²) in [5.74, 6) is 0.208. The second-order valence-electron chi connectivity index (χ2n) is 7.49. The zero-order valence-corrected chi connectivity index (χ0v) is 16.4. The lowest BCUT2D eigenvalue weighted by molar-refractivity contribution is 0.0914. The van der Waals surface area contributed by atoms with Crippen molar-refractivity contribution in [2.24, 2.45) is 5.92 Å². The molecule has 2 fully saturated rings. The quantitative estimate of drug-likeness (QED) is 0.837. The van der Waals surface area contributed by atoms with E-state index >= 15 is 0 Å². The molecule has 0 aromatic heterocycles. The number of rotatable bonds is 4. The first-order valence-corrected chi connectivity index (χ1v) is 11.0. The van der Waals surface area contributed by atoms with Crippen molar-refractivity contribution in [3.05, 3.63) is 29.3 Å². The number of hydrogen-bond donors (Lipinski definition) is 2. The predicted octanol–water partition coefficient (Wildman–Crippen LogP) is 1.90. The van der Waals surface area contributed by atoms with Crippen molar-refractivity contribution in [1.82, 2.24) is 14.9 Å². The first kappa shape index (κ1) is 19.3. The molecule has 7 heteroatoms. The number of sulfonamides is 1. The van der Waals surface area contributed by atoms with Gasteiger partial charge in [0.05, 0.1) is 4.90 Å². The molecule has 2 unspecified atom stereocenters. The Morgan fingerprint density at radius 2 is 1.96 bits per heavy atom. The molecule has 1 aromatic carbocycles. The number of benzene rings is 1. The van der Waals surface area contributed by atoms with E-state index in [9.17, 15) is 13.2 Å². The summed E-state index contributed by atoms with van der Waals surface area (Å²) in [6.07, 6.45) is 3.88. The Labute approximate surface area is 156 Å². The minimum absolute atomic E-state index is 0.0676. The molecule has 0 aliphatic carbocycles. The highest BCUT2D eigenvalue weighted by Gasteiger charge is 2.28. The van der Waals surface area contributed by atoms with E-state index in [1.807, 2.05) is 6.92 Å². The Hall–Kier alpha value is -1.44. The summed E-state index contributed by atoms with van der Waals surface area (Å²) in [7, 11) is -3.54. The molecule has 0 saturated carbocycles. The van der Waals surface area contributed by atoms with Gasteiger partial charge in [0.25, 0.3) is 5.91 Å². The minimum Gasteiger partial charge on any atom is -0.348 e. The van der Waals surface area contributed by atoms with Crippen molar-refractivity contribution in [1.29, 1.82) is 0 Å². The predicted molar refractivity (Wildman–Crippen MR) is 102 cm³/mol. The second-order valence-corrected chi connectivity index (χ2v) is 9.43. The first-order valence-electron chi connectivity index (χ1n) is 9.52. The fraction of sp³-hybridized carbons (Fsp3) is 0.632. The third-order valence-electron chi connectivity index (χ3n) is 5.55. The molecule has 2 heterocycles. The van der Waals surface area contributed by atoms with Crippen LogP contribution in [0.1, 0.15) is 48.5 Å². The van der Waals surface area contributed by atoms with Crippen LogP contribution in [0.3, 0.4) is 0 Å². The van der Waals surface area contributed by atoms with Crippen LogP contribution in [0.2, 0.25) is 0 Å². The molecule has 2 saturated heterocycles. The SMILES string of the molecule is Cc1ccc(S(=O)(=O)N2CCCCC2)cc1C(=O)NC1CNCCC1C. The molecule has 26 heavy (non-hydrogen) atoms. The number of nitrogens with one attached hydrogen (secondary N) is 2. The molecule has 144 valence electrons. The number of hydrogen-bond acceptors (Lipinski definition) is 4. The van der Waals surface area contributed by atoms with Gasteiger partial charge in [0.15, 0.2) is 0 Å². The topological polar surface area (TPSA) is 78.5 Å². The van der Waals surface area contributed by atoms with Crippen LogP contribution in [-0.2, 0) is 10.0 Å². The van der Waals surface area contributed by atoms with Crippen molar-refractivity contribution >= 4 is 15.9 Å². The summed E-state index contributed by atoms with van der Waals surface area (Å²) >= 11 is 0. The van der Waals surface area contributed by atoms with Crippen molar-refractivity contribution in [2.45, 2.75) is 50.5 Å². The Morgan fingerprint density at radius 3 is 2.65 bits per heavy atom. The van der Waals surface area contributed by atoms with Crippen LogP contribution >= 0.6 is 0 Å². The van der Waals surface area contributed by atoms with E-state index in [0.717, 1.165) is 44.3 Å². The lowest BCUT2D eigenvalue weighted by atomic mass is 9.94. The number of nitrogens with zero attached hydrogens (tertiary/aromatic N) is 1. The Morgan fingerprint density at radius 1 is 1.23 bits per heavy atom. The van der Waals surface area contributed by atoms with Crippen molar-refractivity contribution in [3.8, 4) is 0 Å². The van der Waals surface area contributed by atoms with E-state index in [1.54, 1.807) is 12.1 Å². The van der Waals surface area contributed by atoms with Gasteiger partial charge < -0.3 is 10.6 Å². The fourth-order valence-electron chi connectivity index (χ4n) is 3.69. The van der Waals surface area contributed by atoms with Gasteiger partial charge in [-0.2, -0.15) is 4.31 Å². The van der Waals surface area contributed by atoms with Gasteiger partial charge in [-0.1, -0.05) is 19.4 Å². The fourth-order valence-corrected chi connectivity index (χ4v) is 5.23. The van der Waals surface area contributed by atoms with Crippen molar-refractivity contribution in [2.75, 3.05) is 26.2 Å². The standard InChI is InChI=1S/C19H29N3O3S/c1-14-6-7-16(26(24,25)22-10-4-3-5-11-22)12-17(14)19(23)21-18-13-20-9-8-15(18)2/h6-7,12,15,18,20H,3-5,8-11,13H2,1-2H3,(H,21,23). The highest BCUT2D eigenvalue weighted by Crippen LogP contribution is 2.23. The van der Waals surface area contributed by atoms with E-state index in [4.69, 9.17) is 0 Å². The maximum absolute atomic E-state index is 12.9. The van der Waals surface area contributed by atoms with Gasteiger partial charge in [-0.05, 0) is 56.3 Å². The highest BCUT2D eigenvalue weighted by atomic mass is 32.2. The Bertz CT molecular complexity index is 757. The summed E-state index contributed by atoms with van der Waals surface area (Å²) in [5, 5.41) is 6.37. The van der Waals surface area contributed by atoms with Crippen LogP contribution in [0.4, 0.5) is 0 Å². The van der Waals surface area contributed by atoms with Gasteiger partial charge in [-0.25, -0.2) is 8.42 Å². The van der Waals surface area contributed by atoms with Gasteiger partial charge in [0, 0.05) is 31.2 Å². The third-order valence-corrected chi connectivity index (χ3v) is 7.45. The van der Waals surface area contributed by atoms with Crippen LogP contribution in [0.25, 0.3) is 0 Å². The van der Waals surface area contributed by atoms with Crippen LogP contribution in [0.5, 0.6) is 0 Å². The first-order chi connectivity index (χ1) is 12.4. The number of amides is 1. The average molecular weight is 380 g/mol. The summed E-state index contributed by atoms with van der Waals surface area (Å²) in [6.45, 7) is 6.81. The zero-order chi connectivity index (χ0) is 18.7. The van der Waals surface area contributed by atoms with E-state index in [0.29, 0.717) is 24.6 Å². The van der Waals surface area contributed by atoms with Gasteiger partial charge >= 0.3 is 0 Å². The summed E-state index contributed by atoms with van der Waals surface area (Å²) in [6, 6.07) is 4.95. The largest absolute Gasteiger partial charge is 0.348 e. The molecule has 2 aliphatic rings. The lowest BCUT2D eigenvalue weighted by Gasteiger charge is -2.30. The smallest absolute Gasteiger partial charge is 0.251 e. The maximum Gasteiger partial charge on any atom is 0.251 e. The van der Waals surface area contributed by atoms with Crippen LogP contribution in [0.15, 0.2) is 23.1 Å². The lowest BCUT2D eigenvalue weighted by Crippen LogP contribution is -2.50. The number of carbonyl (C=O) groups is 1. The van der Waals surface area contributed by atoms with Crippen LogP contribution < -0.4 is 10.6 Å². The molecule has 1 aromatic rings. The van der Waals surface area contributed by atoms with E-state index in [2.05, 4.69) is 17.6 Å². The normalized spacial score (nSPS) is 25.0. The number of piperidine rings is 2. The molecule has 3 rings (SSSR count). The third kappa shape index (κ3) is 4.10. The number of carbonyl (C=O) groups excluding carboxylic acids is 1. The monoisotopic (exact) mass is 379 g/mol. The number of aryl methyl sites for hydroxylation is 1. The van der Waals surface area contributed by atoms with Crippen molar-refractivity contribution in [3.63, 3.8) is 0 Å². The van der Waals surface area contributed by atoms with Crippen molar-refractivity contribution < 1.29 is 13.2 Å². The molecule has 6 nitrogen and oxygen atoms in total. The molecule has 1 amide bonds. The second kappa shape index (κ2) is 8.06. The van der Waals surface area contributed by atoms with Gasteiger partial charge in [0.2, 0.25) is 10.0 Å². The van der Waals surface area contributed by atoms with E-state index in [1.165, 1.54) is 10.4 Å². The maximum atomic E-state index is 12.9. The Kier molecular flexibility index (Phi) is 5.99. The summed E-state index contributed by atoms with van der Waals surface area (Å²) in [5.41, 5.74) is 1.23.